The van der Waals surface area contributed by atoms with E-state index in [1.165, 1.54) is 11.7 Å². The number of benzene rings is 1. The van der Waals surface area contributed by atoms with E-state index >= 15 is 0 Å². The van der Waals surface area contributed by atoms with Gasteiger partial charge in [-0.3, -0.25) is 9.47 Å². The summed E-state index contributed by atoms with van der Waals surface area (Å²) in [5, 5.41) is 3.89. The number of carbonyl (C=O) groups is 2. The van der Waals surface area contributed by atoms with Gasteiger partial charge >= 0.3 is 12.1 Å². The molecule has 1 spiro atoms. The number of fused-ring (bicyclic) bond motifs is 1. The Morgan fingerprint density at radius 3 is 2.44 bits per heavy atom. The van der Waals surface area contributed by atoms with Crippen molar-refractivity contribution in [3.63, 3.8) is 0 Å². The van der Waals surface area contributed by atoms with Crippen molar-refractivity contribution in [2.24, 2.45) is 5.41 Å². The van der Waals surface area contributed by atoms with Crippen LogP contribution in [0.1, 0.15) is 93.7 Å². The Bertz CT molecular complexity index is 1560. The Morgan fingerprint density at radius 1 is 1.18 bits per heavy atom. The quantitative estimate of drug-likeness (QED) is 0.285. The molecule has 1 aliphatic heterocycles. The standard InChI is InChI=1S/C31H39F2N5O5.C2H6/c1-18-12-23(41-6)21(19-8-10-38(24(18)19)28(40)43-29(2,3)4)15-37-11-9-30(16-31(32,33)17-30)13-22(37)20-14-35-26(27(39)42-7)36-25(20)34-5;1-2/h8,10,12,14,22H,9,11,13,15-17H2,1-7H3,(H,34,35,36);1-2H3. The first kappa shape index (κ1) is 34.1. The van der Waals surface area contributed by atoms with Crippen molar-refractivity contribution < 1.29 is 32.6 Å². The van der Waals surface area contributed by atoms with Crippen molar-refractivity contribution in [3.8, 4) is 5.75 Å². The van der Waals surface area contributed by atoms with Gasteiger partial charge in [-0.1, -0.05) is 13.8 Å². The van der Waals surface area contributed by atoms with E-state index in [1.54, 1.807) is 26.6 Å². The maximum absolute atomic E-state index is 14.2. The Morgan fingerprint density at radius 2 is 1.87 bits per heavy atom. The molecule has 3 heterocycles. The lowest BCUT2D eigenvalue weighted by Gasteiger charge is -2.54. The molecule has 1 saturated heterocycles. The molecule has 2 aliphatic rings. The first-order chi connectivity index (χ1) is 21.2. The molecular weight excluding hydrogens is 584 g/mol. The number of halogens is 2. The monoisotopic (exact) mass is 629 g/mol. The zero-order chi connectivity index (χ0) is 33.3. The van der Waals surface area contributed by atoms with E-state index in [0.29, 0.717) is 43.1 Å². The van der Waals surface area contributed by atoms with Gasteiger partial charge in [-0.2, -0.15) is 0 Å². The van der Waals surface area contributed by atoms with Gasteiger partial charge < -0.3 is 19.5 Å². The topological polar surface area (TPSA) is 108 Å². The summed E-state index contributed by atoms with van der Waals surface area (Å²) in [6.45, 7) is 12.3. The molecule has 2 aromatic heterocycles. The van der Waals surface area contributed by atoms with E-state index in [2.05, 4.69) is 20.2 Å². The van der Waals surface area contributed by atoms with Gasteiger partial charge in [0.1, 0.15) is 17.2 Å². The molecule has 0 radical (unpaired) electrons. The third-order valence-corrected chi connectivity index (χ3v) is 8.45. The van der Waals surface area contributed by atoms with Crippen LogP contribution >= 0.6 is 0 Å². The molecule has 1 saturated carbocycles. The molecule has 1 aliphatic carbocycles. The lowest BCUT2D eigenvalue weighted by molar-refractivity contribution is -0.186. The number of rotatable bonds is 6. The van der Waals surface area contributed by atoms with E-state index in [-0.39, 0.29) is 24.7 Å². The van der Waals surface area contributed by atoms with Crippen LogP contribution in [0.3, 0.4) is 0 Å². The number of likely N-dealkylation sites (tertiary alicyclic amines) is 1. The van der Waals surface area contributed by atoms with Crippen LogP contribution in [0, 0.1) is 12.3 Å². The highest BCUT2D eigenvalue weighted by atomic mass is 19.3. The van der Waals surface area contributed by atoms with Gasteiger partial charge in [-0.25, -0.2) is 28.3 Å². The van der Waals surface area contributed by atoms with Gasteiger partial charge in [0.05, 0.1) is 19.7 Å². The number of aryl methyl sites for hydroxylation is 1. The SMILES string of the molecule is CC.CNc1nc(C(=O)OC)ncc1C1CC2(CCN1Cc1c(OC)cc(C)c3c1ccn3C(=O)OC(C)(C)C)CC(F)(F)C2. The highest BCUT2D eigenvalue weighted by Crippen LogP contribution is 2.61. The zero-order valence-corrected chi connectivity index (χ0v) is 27.7. The molecule has 0 bridgehead atoms. The van der Waals surface area contributed by atoms with Crippen molar-refractivity contribution in [1.82, 2.24) is 19.4 Å². The van der Waals surface area contributed by atoms with Crippen LogP contribution in [0.15, 0.2) is 24.5 Å². The third-order valence-electron chi connectivity index (χ3n) is 8.45. The first-order valence-electron chi connectivity index (χ1n) is 15.4. The van der Waals surface area contributed by atoms with E-state index < -0.39 is 29.0 Å². The number of carbonyl (C=O) groups excluding carboxylic acids is 2. The van der Waals surface area contributed by atoms with Crippen LogP contribution in [0.25, 0.3) is 10.9 Å². The highest BCUT2D eigenvalue weighted by molar-refractivity contribution is 5.95. The fourth-order valence-corrected chi connectivity index (χ4v) is 6.64. The Kier molecular flexibility index (Phi) is 9.77. The lowest BCUT2D eigenvalue weighted by Crippen LogP contribution is -2.53. The number of hydrogen-bond acceptors (Lipinski definition) is 9. The lowest BCUT2D eigenvalue weighted by atomic mass is 9.59. The minimum atomic E-state index is -2.67. The molecule has 1 unspecified atom stereocenters. The number of methoxy groups -OCH3 is 2. The fourth-order valence-electron chi connectivity index (χ4n) is 6.64. The average Bonchev–Trinajstić information content (AvgIpc) is 3.44. The van der Waals surface area contributed by atoms with E-state index in [1.807, 2.05) is 53.7 Å². The predicted molar refractivity (Wildman–Crippen MR) is 168 cm³/mol. The fraction of sp³-hybridized carbons (Fsp3) is 0.576. The predicted octanol–water partition coefficient (Wildman–Crippen LogP) is 7.14. The molecule has 0 amide bonds. The summed E-state index contributed by atoms with van der Waals surface area (Å²) in [6.07, 6.45) is 3.59. The number of nitrogens with one attached hydrogen (secondary N) is 1. The molecule has 246 valence electrons. The molecule has 12 heteroatoms. The molecule has 1 atom stereocenters. The normalized spacial score (nSPS) is 18.9. The summed E-state index contributed by atoms with van der Waals surface area (Å²) in [5.74, 6) is -2.33. The maximum atomic E-state index is 14.2. The number of piperidine rings is 1. The van der Waals surface area contributed by atoms with E-state index in [9.17, 15) is 18.4 Å². The first-order valence-corrected chi connectivity index (χ1v) is 15.4. The summed E-state index contributed by atoms with van der Waals surface area (Å²) in [6, 6.07) is 3.45. The van der Waals surface area contributed by atoms with Gasteiger partial charge in [-0.15, -0.1) is 0 Å². The summed E-state index contributed by atoms with van der Waals surface area (Å²) in [7, 11) is 4.56. The number of aromatic nitrogens is 3. The van der Waals surface area contributed by atoms with Gasteiger partial charge in [0, 0.05) is 61.4 Å². The molecule has 1 aromatic carbocycles. The molecule has 5 rings (SSSR count). The van der Waals surface area contributed by atoms with Crippen molar-refractivity contribution in [3.05, 3.63) is 47.0 Å². The second kappa shape index (κ2) is 12.9. The van der Waals surface area contributed by atoms with Crippen molar-refractivity contribution in [2.75, 3.05) is 33.1 Å². The number of hydrogen-bond donors (Lipinski definition) is 1. The second-order valence-electron chi connectivity index (χ2n) is 12.7. The molecule has 10 nitrogen and oxygen atoms in total. The Balaban J connectivity index is 0.00000226. The number of nitrogens with zero attached hydrogens (tertiary/aromatic N) is 4. The largest absolute Gasteiger partial charge is 0.496 e. The Hall–Kier alpha value is -3.80. The summed E-state index contributed by atoms with van der Waals surface area (Å²) < 4.78 is 46.2. The number of esters is 1. The molecule has 45 heavy (non-hydrogen) atoms. The molecule has 2 fully saturated rings. The smallest absolute Gasteiger partial charge is 0.419 e. The minimum absolute atomic E-state index is 0.0896. The van der Waals surface area contributed by atoms with Crippen LogP contribution in [-0.4, -0.2) is 70.8 Å². The zero-order valence-electron chi connectivity index (χ0n) is 27.7. The number of alkyl halides is 2. The molecule has 1 N–H and O–H groups in total. The van der Waals surface area contributed by atoms with Crippen LogP contribution < -0.4 is 10.1 Å². The van der Waals surface area contributed by atoms with Crippen LogP contribution in [0.4, 0.5) is 19.4 Å². The van der Waals surface area contributed by atoms with Crippen molar-refractivity contribution >= 4 is 28.8 Å². The van der Waals surface area contributed by atoms with Gasteiger partial charge in [0.2, 0.25) is 11.7 Å². The van der Waals surface area contributed by atoms with Gasteiger partial charge in [0.15, 0.2) is 0 Å². The molecular formula is C33H45F2N5O5. The Labute approximate surface area is 263 Å². The number of ether oxygens (including phenoxy) is 3. The summed E-state index contributed by atoms with van der Waals surface area (Å²) >= 11 is 0. The second-order valence-corrected chi connectivity index (χ2v) is 12.7. The average molecular weight is 630 g/mol. The molecule has 3 aromatic rings. The summed E-state index contributed by atoms with van der Waals surface area (Å²) in [4.78, 5) is 36.1. The van der Waals surface area contributed by atoms with E-state index in [4.69, 9.17) is 14.2 Å². The van der Waals surface area contributed by atoms with Crippen LogP contribution in [-0.2, 0) is 16.0 Å². The van der Waals surface area contributed by atoms with E-state index in [0.717, 1.165) is 22.0 Å². The highest BCUT2D eigenvalue weighted by Gasteiger charge is 2.58. The van der Waals surface area contributed by atoms with Gasteiger partial charge in [-0.05, 0) is 70.2 Å². The van der Waals surface area contributed by atoms with Crippen molar-refractivity contribution in [2.45, 2.75) is 91.3 Å². The van der Waals surface area contributed by atoms with Crippen molar-refractivity contribution in [1.29, 1.82) is 0 Å². The summed E-state index contributed by atoms with van der Waals surface area (Å²) in [5.41, 5.74) is 1.98. The number of anilines is 1. The van der Waals surface area contributed by atoms with Crippen LogP contribution in [0.2, 0.25) is 0 Å². The maximum Gasteiger partial charge on any atom is 0.419 e. The third kappa shape index (κ3) is 6.90. The van der Waals surface area contributed by atoms with Crippen LogP contribution in [0.5, 0.6) is 5.75 Å². The minimum Gasteiger partial charge on any atom is -0.496 e. The van der Waals surface area contributed by atoms with Gasteiger partial charge in [0.25, 0.3) is 0 Å².